The monoisotopic (exact) mass is 626 g/mol. The van der Waals surface area contributed by atoms with Crippen LogP contribution in [-0.2, 0) is 4.79 Å². The molecule has 2 amide bonds. The van der Waals surface area contributed by atoms with Gasteiger partial charge in [-0.25, -0.2) is 5.43 Å². The van der Waals surface area contributed by atoms with Crippen LogP contribution < -0.4 is 25.1 Å². The van der Waals surface area contributed by atoms with E-state index in [4.69, 9.17) is 9.47 Å². The number of carbonyl (C=O) groups is 2. The van der Waals surface area contributed by atoms with E-state index in [1.807, 2.05) is 68.4 Å². The third-order valence-corrected chi connectivity index (χ3v) is 6.80. The Labute approximate surface area is 236 Å². The number of amides is 2. The highest BCUT2D eigenvalue weighted by Crippen LogP contribution is 2.34. The molecule has 0 aromatic heterocycles. The summed E-state index contributed by atoms with van der Waals surface area (Å²) in [4.78, 5) is 27.2. The third kappa shape index (κ3) is 7.47. The number of nitrogens with zero attached hydrogens (tertiary/aromatic N) is 2. The highest BCUT2D eigenvalue weighted by molar-refractivity contribution is 14.1. The fraction of sp³-hybridized carbons (Fsp3) is 0.276. The Kier molecular flexibility index (Phi) is 9.58. The van der Waals surface area contributed by atoms with Crippen molar-refractivity contribution in [2.75, 3.05) is 36.5 Å². The number of hydrogen-bond donors (Lipinski definition) is 2. The number of ether oxygens (including phenoxy) is 2. The van der Waals surface area contributed by atoms with Gasteiger partial charge in [0, 0.05) is 30.0 Å². The number of carbonyl (C=O) groups excluding carboxylic acids is 2. The second-order valence-electron chi connectivity index (χ2n) is 8.91. The quantitative estimate of drug-likeness (QED) is 0.179. The first-order valence-electron chi connectivity index (χ1n) is 12.6. The van der Waals surface area contributed by atoms with Crippen molar-refractivity contribution >= 4 is 52.0 Å². The van der Waals surface area contributed by atoms with E-state index in [1.165, 1.54) is 12.8 Å². The van der Waals surface area contributed by atoms with Crippen LogP contribution in [-0.4, -0.2) is 44.3 Å². The maximum absolute atomic E-state index is 12.5. The number of halogens is 1. The van der Waals surface area contributed by atoms with E-state index in [0.29, 0.717) is 29.4 Å². The highest BCUT2D eigenvalue weighted by atomic mass is 127. The van der Waals surface area contributed by atoms with E-state index in [1.54, 1.807) is 12.3 Å². The summed E-state index contributed by atoms with van der Waals surface area (Å²) in [5.74, 6) is 0.418. The van der Waals surface area contributed by atoms with E-state index in [9.17, 15) is 9.59 Å². The number of hydrogen-bond acceptors (Lipinski definition) is 6. The van der Waals surface area contributed by atoms with Crippen molar-refractivity contribution in [3.05, 3.63) is 80.9 Å². The zero-order valence-corrected chi connectivity index (χ0v) is 23.7. The molecule has 0 radical (unpaired) electrons. The second-order valence-corrected chi connectivity index (χ2v) is 10.1. The summed E-state index contributed by atoms with van der Waals surface area (Å²) in [5, 5.41) is 6.94. The molecule has 0 unspecified atom stereocenters. The summed E-state index contributed by atoms with van der Waals surface area (Å²) in [6, 6.07) is 18.7. The van der Waals surface area contributed by atoms with Gasteiger partial charge in [0.1, 0.15) is 0 Å². The molecule has 3 aromatic carbocycles. The number of nitrogens with one attached hydrogen (secondary N) is 2. The van der Waals surface area contributed by atoms with Crippen molar-refractivity contribution in [1.82, 2.24) is 5.43 Å². The average Bonchev–Trinajstić information content (AvgIpc) is 3.45. The Balaban J connectivity index is 1.36. The molecule has 8 nitrogen and oxygen atoms in total. The molecule has 0 atom stereocenters. The molecule has 1 aliphatic heterocycles. The molecule has 4 rings (SSSR count). The third-order valence-electron chi connectivity index (χ3n) is 6.00. The number of benzene rings is 3. The Morgan fingerprint density at radius 3 is 2.42 bits per heavy atom. The fourth-order valence-electron chi connectivity index (χ4n) is 4.07. The normalized spacial score (nSPS) is 13.0. The van der Waals surface area contributed by atoms with Crippen molar-refractivity contribution in [2.45, 2.75) is 26.7 Å². The van der Waals surface area contributed by atoms with E-state index in [-0.39, 0.29) is 18.4 Å². The Bertz CT molecular complexity index is 1290. The molecule has 0 saturated carbocycles. The maximum Gasteiger partial charge on any atom is 0.271 e. The molecule has 1 fully saturated rings. The molecule has 198 valence electrons. The van der Waals surface area contributed by atoms with Crippen LogP contribution in [0.5, 0.6) is 11.5 Å². The first-order chi connectivity index (χ1) is 18.4. The zero-order valence-electron chi connectivity index (χ0n) is 21.5. The van der Waals surface area contributed by atoms with Crippen LogP contribution in [0.2, 0.25) is 0 Å². The van der Waals surface area contributed by atoms with E-state index < -0.39 is 0 Å². The van der Waals surface area contributed by atoms with Crippen LogP contribution in [0.4, 0.5) is 11.4 Å². The Morgan fingerprint density at radius 2 is 1.74 bits per heavy atom. The SMILES string of the molecule is CCOc1cc(/C=N\NC(=O)c2ccc(N3CCCC3)cc2)cc(I)c1OCC(=O)Nc1ccc(C)cc1. The summed E-state index contributed by atoms with van der Waals surface area (Å²) in [5.41, 5.74) is 6.80. The lowest BCUT2D eigenvalue weighted by Gasteiger charge is -2.17. The highest BCUT2D eigenvalue weighted by Gasteiger charge is 2.15. The molecule has 9 heteroatoms. The van der Waals surface area contributed by atoms with Crippen LogP contribution in [0.3, 0.4) is 0 Å². The fourth-order valence-corrected chi connectivity index (χ4v) is 4.85. The molecule has 38 heavy (non-hydrogen) atoms. The van der Waals surface area contributed by atoms with Gasteiger partial charge in [0.15, 0.2) is 18.1 Å². The first kappa shape index (κ1) is 27.4. The molecule has 2 N–H and O–H groups in total. The standard InChI is InChI=1S/C29H31IN4O4/c1-3-37-26-17-21(16-25(30)28(26)38-19-27(35)32-23-10-6-20(2)7-11-23)18-31-33-29(36)22-8-12-24(13-9-22)34-14-4-5-15-34/h6-13,16-18H,3-5,14-15,19H2,1-2H3,(H,32,35)(H,33,36)/b31-18-. The van der Waals surface area contributed by atoms with Crippen molar-refractivity contribution in [3.8, 4) is 11.5 Å². The van der Waals surface area contributed by atoms with Gasteiger partial charge in [-0.1, -0.05) is 17.7 Å². The predicted octanol–water partition coefficient (Wildman–Crippen LogP) is 5.38. The molecule has 1 aliphatic rings. The summed E-state index contributed by atoms with van der Waals surface area (Å²) in [6.07, 6.45) is 3.96. The zero-order chi connectivity index (χ0) is 26.9. The van der Waals surface area contributed by atoms with Gasteiger partial charge in [-0.05, 0) is 103 Å². The maximum atomic E-state index is 12.5. The van der Waals surface area contributed by atoms with Crippen LogP contribution in [0.25, 0.3) is 0 Å². The van der Waals surface area contributed by atoms with Gasteiger partial charge >= 0.3 is 0 Å². The van der Waals surface area contributed by atoms with Crippen molar-refractivity contribution in [3.63, 3.8) is 0 Å². The molecule has 1 heterocycles. The van der Waals surface area contributed by atoms with Crippen molar-refractivity contribution in [1.29, 1.82) is 0 Å². The minimum absolute atomic E-state index is 0.163. The lowest BCUT2D eigenvalue weighted by molar-refractivity contribution is -0.118. The number of rotatable bonds is 10. The molecule has 3 aromatic rings. The van der Waals surface area contributed by atoms with Crippen molar-refractivity contribution in [2.24, 2.45) is 5.10 Å². The largest absolute Gasteiger partial charge is 0.490 e. The lowest BCUT2D eigenvalue weighted by Crippen LogP contribution is -2.20. The van der Waals surface area contributed by atoms with Gasteiger partial charge in [-0.15, -0.1) is 0 Å². The average molecular weight is 626 g/mol. The summed E-state index contributed by atoms with van der Waals surface area (Å²) in [6.45, 7) is 6.24. The van der Waals surface area contributed by atoms with Gasteiger partial charge in [-0.2, -0.15) is 5.10 Å². The van der Waals surface area contributed by atoms with Gasteiger partial charge in [-0.3, -0.25) is 9.59 Å². The minimum atomic E-state index is -0.284. The summed E-state index contributed by atoms with van der Waals surface area (Å²) in [7, 11) is 0. The van der Waals surface area contributed by atoms with Crippen molar-refractivity contribution < 1.29 is 19.1 Å². The van der Waals surface area contributed by atoms with Crippen LogP contribution in [0, 0.1) is 10.5 Å². The predicted molar refractivity (Wildman–Crippen MR) is 159 cm³/mol. The molecule has 1 saturated heterocycles. The van der Waals surface area contributed by atoms with E-state index >= 15 is 0 Å². The Hall–Kier alpha value is -3.60. The van der Waals surface area contributed by atoms with Crippen LogP contribution in [0.15, 0.2) is 65.8 Å². The molecule has 0 spiro atoms. The summed E-state index contributed by atoms with van der Waals surface area (Å²) < 4.78 is 12.3. The van der Waals surface area contributed by atoms with Gasteiger partial charge in [0.25, 0.3) is 11.8 Å². The topological polar surface area (TPSA) is 92.3 Å². The van der Waals surface area contributed by atoms with Gasteiger partial charge < -0.3 is 19.7 Å². The first-order valence-corrected chi connectivity index (χ1v) is 13.6. The smallest absolute Gasteiger partial charge is 0.271 e. The van der Waals surface area contributed by atoms with Crippen LogP contribution >= 0.6 is 22.6 Å². The van der Waals surface area contributed by atoms with Crippen LogP contribution in [0.1, 0.15) is 41.3 Å². The number of aryl methyl sites for hydroxylation is 1. The lowest BCUT2D eigenvalue weighted by atomic mass is 10.2. The van der Waals surface area contributed by atoms with E-state index in [2.05, 4.69) is 43.3 Å². The van der Waals surface area contributed by atoms with Gasteiger partial charge in [0.2, 0.25) is 0 Å². The summed E-state index contributed by atoms with van der Waals surface area (Å²) >= 11 is 2.13. The second kappa shape index (κ2) is 13.3. The molecular weight excluding hydrogens is 595 g/mol. The van der Waals surface area contributed by atoms with Gasteiger partial charge in [0.05, 0.1) is 16.4 Å². The Morgan fingerprint density at radius 1 is 1.03 bits per heavy atom. The molecular formula is C29H31IN4O4. The molecule has 0 bridgehead atoms. The molecule has 0 aliphatic carbocycles. The minimum Gasteiger partial charge on any atom is -0.490 e. The van der Waals surface area contributed by atoms with E-state index in [0.717, 1.165) is 33.5 Å². The number of anilines is 2. The number of hydrazone groups is 1.